The molecule has 19 heavy (non-hydrogen) atoms. The monoisotopic (exact) mass is 319 g/mol. The van der Waals surface area contributed by atoms with Gasteiger partial charge < -0.3 is 11.1 Å². The van der Waals surface area contributed by atoms with Gasteiger partial charge in [0, 0.05) is 27.3 Å². The first-order valence-electron chi connectivity index (χ1n) is 6.59. The van der Waals surface area contributed by atoms with Crippen molar-refractivity contribution >= 4 is 38.2 Å². The molecule has 3 N–H and O–H groups in total. The molecule has 1 aliphatic rings. The third-order valence-electron chi connectivity index (χ3n) is 3.90. The quantitative estimate of drug-likeness (QED) is 0.834. The largest absolute Gasteiger partial charge is 0.398 e. The molecule has 1 aromatic carbocycles. The van der Waals surface area contributed by atoms with Crippen molar-refractivity contribution in [2.24, 2.45) is 5.92 Å². The van der Waals surface area contributed by atoms with Gasteiger partial charge in [-0.25, -0.2) is 0 Å². The average molecular weight is 320 g/mol. The second kappa shape index (κ2) is 4.37. The van der Waals surface area contributed by atoms with E-state index >= 15 is 0 Å². The summed E-state index contributed by atoms with van der Waals surface area (Å²) in [5, 5.41) is 4.63. The first-order chi connectivity index (χ1) is 8.97. The number of hydrogen-bond donors (Lipinski definition) is 2. The lowest BCUT2D eigenvalue weighted by Crippen LogP contribution is -2.33. The maximum Gasteiger partial charge on any atom is 0.0954 e. The molecular formula is C15H18BrN3. The molecule has 0 atom stereocenters. The van der Waals surface area contributed by atoms with Crippen LogP contribution in [0.25, 0.3) is 10.9 Å². The molecule has 4 heteroatoms. The van der Waals surface area contributed by atoms with Crippen LogP contribution in [0, 0.1) is 5.92 Å². The molecule has 0 aliphatic heterocycles. The van der Waals surface area contributed by atoms with Gasteiger partial charge in [-0.05, 0) is 66.7 Å². The summed E-state index contributed by atoms with van der Waals surface area (Å²) in [6.45, 7) is 4.51. The molecule has 1 heterocycles. The Bertz CT molecular complexity index is 633. The van der Waals surface area contributed by atoms with Crippen LogP contribution in [0.4, 0.5) is 11.4 Å². The summed E-state index contributed by atoms with van der Waals surface area (Å²) in [4.78, 5) is 4.52. The zero-order valence-corrected chi connectivity index (χ0v) is 12.8. The van der Waals surface area contributed by atoms with E-state index in [1.807, 2.05) is 24.4 Å². The minimum Gasteiger partial charge on any atom is -0.398 e. The predicted molar refractivity (Wildman–Crippen MR) is 84.3 cm³/mol. The highest BCUT2D eigenvalue weighted by molar-refractivity contribution is 9.10. The normalized spacial score (nSPS) is 15.7. The molecule has 1 aliphatic carbocycles. The van der Waals surface area contributed by atoms with E-state index in [0.29, 0.717) is 0 Å². The number of nitrogen functional groups attached to an aromatic ring is 1. The van der Waals surface area contributed by atoms with Gasteiger partial charge in [0.1, 0.15) is 0 Å². The van der Waals surface area contributed by atoms with Crippen LogP contribution < -0.4 is 11.1 Å². The van der Waals surface area contributed by atoms with Crippen LogP contribution in [0.15, 0.2) is 28.9 Å². The van der Waals surface area contributed by atoms with Gasteiger partial charge >= 0.3 is 0 Å². The van der Waals surface area contributed by atoms with Crippen molar-refractivity contribution in [3.63, 3.8) is 0 Å². The Morgan fingerprint density at radius 1 is 1.37 bits per heavy atom. The summed E-state index contributed by atoms with van der Waals surface area (Å²) < 4.78 is 0.949. The van der Waals surface area contributed by atoms with Gasteiger partial charge in [-0.15, -0.1) is 0 Å². The molecule has 0 spiro atoms. The molecule has 2 aromatic rings. The topological polar surface area (TPSA) is 50.9 Å². The fourth-order valence-electron chi connectivity index (χ4n) is 2.57. The Morgan fingerprint density at radius 3 is 2.79 bits per heavy atom. The van der Waals surface area contributed by atoms with Crippen molar-refractivity contribution < 1.29 is 0 Å². The summed E-state index contributed by atoms with van der Waals surface area (Å²) in [5.41, 5.74) is 8.92. The Balaban J connectivity index is 2.06. The molecular weight excluding hydrogens is 302 g/mol. The van der Waals surface area contributed by atoms with E-state index in [-0.39, 0.29) is 5.54 Å². The lowest BCUT2D eigenvalue weighted by molar-refractivity contribution is 0.495. The smallest absolute Gasteiger partial charge is 0.0954 e. The molecule has 1 saturated carbocycles. The van der Waals surface area contributed by atoms with Gasteiger partial charge in [-0.2, -0.15) is 0 Å². The van der Waals surface area contributed by atoms with Crippen molar-refractivity contribution in [3.8, 4) is 0 Å². The Morgan fingerprint density at radius 2 is 2.11 bits per heavy atom. The van der Waals surface area contributed by atoms with Crippen LogP contribution in [0.2, 0.25) is 0 Å². The zero-order valence-electron chi connectivity index (χ0n) is 11.2. The highest BCUT2D eigenvalue weighted by atomic mass is 79.9. The number of rotatable bonds is 3. The van der Waals surface area contributed by atoms with Crippen LogP contribution in [-0.2, 0) is 0 Å². The number of fused-ring (bicyclic) bond motifs is 1. The molecule has 3 nitrogen and oxygen atoms in total. The van der Waals surface area contributed by atoms with E-state index in [9.17, 15) is 0 Å². The number of pyridine rings is 1. The highest BCUT2D eigenvalue weighted by Crippen LogP contribution is 2.42. The lowest BCUT2D eigenvalue weighted by atomic mass is 9.98. The van der Waals surface area contributed by atoms with Gasteiger partial charge in [0.05, 0.1) is 11.2 Å². The van der Waals surface area contributed by atoms with Crippen LogP contribution in [0.5, 0.6) is 0 Å². The van der Waals surface area contributed by atoms with Crippen LogP contribution in [0.1, 0.15) is 26.7 Å². The number of nitrogens with one attached hydrogen (secondary N) is 1. The van der Waals surface area contributed by atoms with Crippen LogP contribution >= 0.6 is 15.9 Å². The van der Waals surface area contributed by atoms with Gasteiger partial charge in [-0.1, -0.05) is 0 Å². The summed E-state index contributed by atoms with van der Waals surface area (Å²) in [6.07, 6.45) is 4.44. The summed E-state index contributed by atoms with van der Waals surface area (Å²) in [6, 6.07) is 6.00. The molecule has 1 fully saturated rings. The number of benzene rings is 1. The number of aromatic nitrogens is 1. The lowest BCUT2D eigenvalue weighted by Gasteiger charge is -2.28. The fourth-order valence-corrected chi connectivity index (χ4v) is 2.90. The van der Waals surface area contributed by atoms with Crippen molar-refractivity contribution in [2.75, 3.05) is 11.1 Å². The molecule has 3 rings (SSSR count). The number of anilines is 2. The van der Waals surface area contributed by atoms with E-state index < -0.39 is 0 Å². The number of nitrogens with zero attached hydrogens (tertiary/aromatic N) is 1. The first kappa shape index (κ1) is 12.7. The number of halogens is 1. The second-order valence-corrected chi connectivity index (χ2v) is 6.79. The average Bonchev–Trinajstić information content (AvgIpc) is 3.17. The zero-order chi connectivity index (χ0) is 13.6. The van der Waals surface area contributed by atoms with Gasteiger partial charge in [0.25, 0.3) is 0 Å². The Kier molecular flexibility index (Phi) is 2.93. The van der Waals surface area contributed by atoms with Gasteiger partial charge in [-0.3, -0.25) is 4.98 Å². The minimum atomic E-state index is 0.109. The fraction of sp³-hybridized carbons (Fsp3) is 0.400. The Labute approximate surface area is 121 Å². The van der Waals surface area contributed by atoms with E-state index in [2.05, 4.69) is 40.1 Å². The minimum absolute atomic E-state index is 0.109. The summed E-state index contributed by atoms with van der Waals surface area (Å²) >= 11 is 3.45. The Hall–Kier alpha value is -1.29. The maximum atomic E-state index is 6.04. The summed E-state index contributed by atoms with van der Waals surface area (Å²) in [7, 11) is 0. The van der Waals surface area contributed by atoms with E-state index in [0.717, 1.165) is 32.7 Å². The number of nitrogens with two attached hydrogens (primary N) is 1. The molecule has 0 unspecified atom stereocenters. The van der Waals surface area contributed by atoms with Crippen LogP contribution in [-0.4, -0.2) is 10.5 Å². The van der Waals surface area contributed by atoms with Crippen molar-refractivity contribution in [1.82, 2.24) is 4.98 Å². The van der Waals surface area contributed by atoms with Gasteiger partial charge in [0.15, 0.2) is 0 Å². The van der Waals surface area contributed by atoms with Crippen molar-refractivity contribution in [3.05, 3.63) is 28.9 Å². The third kappa shape index (κ3) is 2.41. The molecule has 100 valence electrons. The predicted octanol–water partition coefficient (Wildman–Crippen LogP) is 4.18. The maximum absolute atomic E-state index is 6.04. The molecule has 1 aromatic heterocycles. The third-order valence-corrected chi connectivity index (χ3v) is 4.34. The standard InChI is InChI=1S/C15H18BrN3/c1-15(2,9-3-4-9)19-13-6-5-12(17)11-7-10(16)8-18-14(11)13/h5-9,19H,3-4,17H2,1-2H3. The van der Waals surface area contributed by atoms with E-state index in [1.54, 1.807) is 0 Å². The van der Waals surface area contributed by atoms with E-state index in [4.69, 9.17) is 5.73 Å². The van der Waals surface area contributed by atoms with Crippen molar-refractivity contribution in [1.29, 1.82) is 0 Å². The molecule has 0 radical (unpaired) electrons. The SMILES string of the molecule is CC(C)(Nc1ccc(N)c2cc(Br)cnc12)C1CC1. The second-order valence-electron chi connectivity index (χ2n) is 5.87. The van der Waals surface area contributed by atoms with Crippen LogP contribution in [0.3, 0.4) is 0 Å². The highest BCUT2D eigenvalue weighted by Gasteiger charge is 2.37. The summed E-state index contributed by atoms with van der Waals surface area (Å²) in [5.74, 6) is 0.760. The first-order valence-corrected chi connectivity index (χ1v) is 7.38. The van der Waals surface area contributed by atoms with Gasteiger partial charge in [0.2, 0.25) is 0 Å². The van der Waals surface area contributed by atoms with Crippen molar-refractivity contribution in [2.45, 2.75) is 32.2 Å². The van der Waals surface area contributed by atoms with E-state index in [1.165, 1.54) is 12.8 Å². The number of hydrogen-bond acceptors (Lipinski definition) is 3. The molecule has 0 amide bonds. The molecule has 0 saturated heterocycles. The molecule has 0 bridgehead atoms.